The second-order valence-electron chi connectivity index (χ2n) is 6.13. The molecule has 6 nitrogen and oxygen atoms in total. The zero-order valence-electron chi connectivity index (χ0n) is 16.6. The van der Waals surface area contributed by atoms with E-state index in [1.54, 1.807) is 43.5 Å². The van der Waals surface area contributed by atoms with Crippen LogP contribution in [0.3, 0.4) is 0 Å². The molecular formula is C22H24ClNO5. The molecule has 0 unspecified atom stereocenters. The molecule has 1 N–H and O–H groups in total. The number of amides is 1. The lowest BCUT2D eigenvalue weighted by atomic mass is 10.1. The van der Waals surface area contributed by atoms with E-state index >= 15 is 0 Å². The van der Waals surface area contributed by atoms with E-state index in [9.17, 15) is 9.59 Å². The van der Waals surface area contributed by atoms with Gasteiger partial charge in [0.2, 0.25) is 0 Å². The van der Waals surface area contributed by atoms with E-state index in [2.05, 4.69) is 5.32 Å². The molecule has 0 aliphatic heterocycles. The number of nitrogens with one attached hydrogen (secondary N) is 1. The van der Waals surface area contributed by atoms with Crippen molar-refractivity contribution in [3.8, 4) is 11.5 Å². The Morgan fingerprint density at radius 1 is 1.14 bits per heavy atom. The highest BCUT2D eigenvalue weighted by molar-refractivity contribution is 6.30. The number of methoxy groups -OCH3 is 1. The van der Waals surface area contributed by atoms with Crippen LogP contribution in [0.25, 0.3) is 6.08 Å². The van der Waals surface area contributed by atoms with Gasteiger partial charge in [-0.2, -0.15) is 0 Å². The second kappa shape index (κ2) is 11.1. The first-order valence-electron chi connectivity index (χ1n) is 9.13. The fourth-order valence-electron chi connectivity index (χ4n) is 2.53. The molecule has 0 bridgehead atoms. The van der Waals surface area contributed by atoms with Crippen molar-refractivity contribution in [3.05, 3.63) is 64.7 Å². The summed E-state index contributed by atoms with van der Waals surface area (Å²) in [6.45, 7) is 3.88. The van der Waals surface area contributed by atoms with Crippen LogP contribution in [0.1, 0.15) is 31.0 Å². The first-order chi connectivity index (χ1) is 13.9. The summed E-state index contributed by atoms with van der Waals surface area (Å²) in [5, 5.41) is 3.39. The van der Waals surface area contributed by atoms with Gasteiger partial charge in [0.15, 0.2) is 18.1 Å². The fraction of sp³-hybridized carbons (Fsp3) is 0.273. The Balaban J connectivity index is 1.84. The molecule has 2 rings (SSSR count). The van der Waals surface area contributed by atoms with Crippen molar-refractivity contribution in [1.82, 2.24) is 5.32 Å². The van der Waals surface area contributed by atoms with Crippen LogP contribution in [0.15, 0.2) is 48.5 Å². The fourth-order valence-corrected chi connectivity index (χ4v) is 2.66. The number of hydrogen-bond acceptors (Lipinski definition) is 5. The van der Waals surface area contributed by atoms with E-state index in [-0.39, 0.29) is 12.6 Å². The molecule has 0 aromatic heterocycles. The van der Waals surface area contributed by atoms with Gasteiger partial charge in [-0.15, -0.1) is 0 Å². The molecule has 1 atom stereocenters. The van der Waals surface area contributed by atoms with Crippen molar-refractivity contribution in [2.45, 2.75) is 19.9 Å². The molecular weight excluding hydrogens is 394 g/mol. The Labute approximate surface area is 175 Å². The van der Waals surface area contributed by atoms with E-state index in [0.717, 1.165) is 11.1 Å². The molecule has 2 aromatic rings. The Bertz CT molecular complexity index is 864. The van der Waals surface area contributed by atoms with Gasteiger partial charge in [0.1, 0.15) is 0 Å². The molecule has 0 heterocycles. The number of hydrogen-bond donors (Lipinski definition) is 1. The number of carbonyl (C=O) groups excluding carboxylic acids is 2. The molecule has 0 saturated heterocycles. The van der Waals surface area contributed by atoms with Gasteiger partial charge < -0.3 is 19.5 Å². The molecule has 0 radical (unpaired) electrons. The zero-order chi connectivity index (χ0) is 21.2. The van der Waals surface area contributed by atoms with Crippen molar-refractivity contribution in [3.63, 3.8) is 0 Å². The van der Waals surface area contributed by atoms with Crippen LogP contribution in [0.2, 0.25) is 5.02 Å². The number of rotatable bonds is 9. The van der Waals surface area contributed by atoms with Crippen LogP contribution in [0.4, 0.5) is 0 Å². The topological polar surface area (TPSA) is 73.9 Å². The van der Waals surface area contributed by atoms with Gasteiger partial charge in [-0.25, -0.2) is 4.79 Å². The third-order valence-corrected chi connectivity index (χ3v) is 4.24. The van der Waals surface area contributed by atoms with E-state index in [1.165, 1.54) is 6.08 Å². The summed E-state index contributed by atoms with van der Waals surface area (Å²) in [6.07, 6.45) is 2.83. The first-order valence-corrected chi connectivity index (χ1v) is 9.51. The molecule has 29 heavy (non-hydrogen) atoms. The van der Waals surface area contributed by atoms with Crippen molar-refractivity contribution in [2.75, 3.05) is 20.3 Å². The number of ether oxygens (including phenoxy) is 3. The number of carbonyl (C=O) groups is 2. The summed E-state index contributed by atoms with van der Waals surface area (Å²) >= 11 is 5.85. The van der Waals surface area contributed by atoms with E-state index < -0.39 is 11.9 Å². The molecule has 0 saturated carbocycles. The van der Waals surface area contributed by atoms with E-state index in [4.69, 9.17) is 25.8 Å². The highest BCUT2D eigenvalue weighted by Crippen LogP contribution is 2.28. The largest absolute Gasteiger partial charge is 0.493 e. The van der Waals surface area contributed by atoms with Gasteiger partial charge in [-0.3, -0.25) is 4.79 Å². The van der Waals surface area contributed by atoms with Crippen LogP contribution in [-0.4, -0.2) is 32.2 Å². The van der Waals surface area contributed by atoms with Gasteiger partial charge >= 0.3 is 5.97 Å². The minimum Gasteiger partial charge on any atom is -0.493 e. The normalized spacial score (nSPS) is 11.7. The summed E-state index contributed by atoms with van der Waals surface area (Å²) in [5.74, 6) is 0.184. The van der Waals surface area contributed by atoms with E-state index in [1.807, 2.05) is 26.0 Å². The highest BCUT2D eigenvalue weighted by atomic mass is 35.5. The Hall–Kier alpha value is -2.99. The van der Waals surface area contributed by atoms with Gasteiger partial charge in [-0.05, 0) is 55.3 Å². The summed E-state index contributed by atoms with van der Waals surface area (Å²) in [7, 11) is 1.54. The minimum absolute atomic E-state index is 0.231. The maximum atomic E-state index is 12.0. The molecule has 154 valence electrons. The molecule has 2 aromatic carbocycles. The molecule has 0 spiro atoms. The molecule has 0 aliphatic rings. The Morgan fingerprint density at radius 2 is 1.86 bits per heavy atom. The summed E-state index contributed by atoms with van der Waals surface area (Å²) in [6, 6.07) is 12.2. The number of benzene rings is 2. The smallest absolute Gasteiger partial charge is 0.331 e. The lowest BCUT2D eigenvalue weighted by Gasteiger charge is -2.14. The average Bonchev–Trinajstić information content (AvgIpc) is 2.72. The lowest BCUT2D eigenvalue weighted by molar-refractivity contribution is -0.144. The first kappa shape index (κ1) is 22.3. The molecule has 7 heteroatoms. The highest BCUT2D eigenvalue weighted by Gasteiger charge is 2.11. The van der Waals surface area contributed by atoms with Crippen molar-refractivity contribution >= 4 is 29.6 Å². The predicted octanol–water partition coefficient (Wildman–Crippen LogP) is 4.18. The molecule has 0 aliphatic carbocycles. The Morgan fingerprint density at radius 3 is 2.52 bits per heavy atom. The van der Waals surface area contributed by atoms with Crippen molar-refractivity contribution in [2.24, 2.45) is 0 Å². The van der Waals surface area contributed by atoms with E-state index in [0.29, 0.717) is 23.1 Å². The Kier molecular flexibility index (Phi) is 8.55. The summed E-state index contributed by atoms with van der Waals surface area (Å²) in [5.41, 5.74) is 1.64. The van der Waals surface area contributed by atoms with Crippen LogP contribution in [0, 0.1) is 0 Å². The number of esters is 1. The standard InChI is InChI=1S/C22H24ClNO5/c1-4-28-19-11-5-16(13-20(19)27-3)6-12-22(26)29-14-21(25)24-15(2)17-7-9-18(23)10-8-17/h5-13,15H,4,14H2,1-3H3,(H,24,25)/b12-6+/t15-/m1/s1. The van der Waals surface area contributed by atoms with Gasteiger partial charge in [0.25, 0.3) is 5.91 Å². The molecule has 0 fully saturated rings. The minimum atomic E-state index is -0.618. The van der Waals surface area contributed by atoms with Crippen LogP contribution < -0.4 is 14.8 Å². The van der Waals surface area contributed by atoms with Gasteiger partial charge in [-0.1, -0.05) is 29.8 Å². The second-order valence-corrected chi connectivity index (χ2v) is 6.56. The van der Waals surface area contributed by atoms with Gasteiger partial charge in [0, 0.05) is 11.1 Å². The lowest BCUT2D eigenvalue weighted by Crippen LogP contribution is -2.30. The third-order valence-electron chi connectivity index (χ3n) is 3.99. The quantitative estimate of drug-likeness (QED) is 0.489. The predicted molar refractivity (Wildman–Crippen MR) is 112 cm³/mol. The van der Waals surface area contributed by atoms with Gasteiger partial charge in [0.05, 0.1) is 19.8 Å². The van der Waals surface area contributed by atoms with Crippen LogP contribution in [-0.2, 0) is 14.3 Å². The summed E-state index contributed by atoms with van der Waals surface area (Å²) in [4.78, 5) is 23.9. The van der Waals surface area contributed by atoms with Crippen LogP contribution >= 0.6 is 11.6 Å². The average molecular weight is 418 g/mol. The molecule has 1 amide bonds. The maximum Gasteiger partial charge on any atom is 0.331 e. The SMILES string of the molecule is CCOc1ccc(/C=C/C(=O)OCC(=O)N[C@H](C)c2ccc(Cl)cc2)cc1OC. The summed E-state index contributed by atoms with van der Waals surface area (Å²) < 4.78 is 15.7. The maximum absolute atomic E-state index is 12.0. The zero-order valence-corrected chi connectivity index (χ0v) is 17.4. The third kappa shape index (κ3) is 7.16. The van der Waals surface area contributed by atoms with Crippen LogP contribution in [0.5, 0.6) is 11.5 Å². The van der Waals surface area contributed by atoms with Crippen molar-refractivity contribution < 1.29 is 23.8 Å². The van der Waals surface area contributed by atoms with Crippen molar-refractivity contribution in [1.29, 1.82) is 0 Å². The monoisotopic (exact) mass is 417 g/mol. The number of halogens is 1.